The molecule has 0 saturated heterocycles. The maximum atomic E-state index is 8.57. The van der Waals surface area contributed by atoms with Crippen LogP contribution in [0.15, 0.2) is 0 Å². The molecular formula is I2KO6-. The molecule has 0 aliphatic carbocycles. The van der Waals surface area contributed by atoms with Crippen LogP contribution in [0, 0.1) is 0 Å². The SMILES string of the molecule is [K+].[O-][I+2]([O-])[O-].[O-][I+2]([O-])[O-]. The van der Waals surface area contributed by atoms with Crippen molar-refractivity contribution in [2.24, 2.45) is 0 Å². The molecule has 0 aliphatic heterocycles. The van der Waals surface area contributed by atoms with E-state index in [2.05, 4.69) is 0 Å². The summed E-state index contributed by atoms with van der Waals surface area (Å²) in [7, 11) is 0. The average molecular weight is 389 g/mol. The maximum absolute atomic E-state index is 8.57. The Morgan fingerprint density at radius 1 is 0.556 bits per heavy atom. The van der Waals surface area contributed by atoms with Gasteiger partial charge in [-0.1, -0.05) is 0 Å². The van der Waals surface area contributed by atoms with Crippen LogP contribution in [0.5, 0.6) is 0 Å². The van der Waals surface area contributed by atoms with Crippen LogP contribution in [0.3, 0.4) is 0 Å². The van der Waals surface area contributed by atoms with Crippen molar-refractivity contribution in [1.82, 2.24) is 0 Å². The predicted octanol–water partition coefficient (Wildman–Crippen LogP) is -16.1. The second kappa shape index (κ2) is 13.4. The molecule has 0 unspecified atom stereocenters. The molecule has 0 aromatic carbocycles. The predicted molar refractivity (Wildman–Crippen MR) is 0 cm³/mol. The first kappa shape index (κ1) is 17.8. The van der Waals surface area contributed by atoms with Gasteiger partial charge in [0.25, 0.3) is 42.1 Å². The van der Waals surface area contributed by atoms with E-state index in [-0.39, 0.29) is 51.4 Å². The number of rotatable bonds is 0. The molecule has 9 heteroatoms. The fourth-order valence-electron chi connectivity index (χ4n) is 0. The van der Waals surface area contributed by atoms with E-state index in [1.165, 1.54) is 0 Å². The molecule has 0 aromatic rings. The van der Waals surface area contributed by atoms with Crippen LogP contribution in [-0.4, -0.2) is 0 Å². The summed E-state index contributed by atoms with van der Waals surface area (Å²) in [5, 5.41) is 0. The van der Waals surface area contributed by atoms with E-state index in [1.54, 1.807) is 0 Å². The summed E-state index contributed by atoms with van der Waals surface area (Å²) >= 11 is -8.03. The van der Waals surface area contributed by atoms with Crippen molar-refractivity contribution in [3.63, 3.8) is 0 Å². The van der Waals surface area contributed by atoms with Crippen LogP contribution in [0.2, 0.25) is 0 Å². The molecule has 0 heterocycles. The van der Waals surface area contributed by atoms with Crippen molar-refractivity contribution < 1.29 is 114 Å². The van der Waals surface area contributed by atoms with Crippen LogP contribution >= 0.6 is 0 Å². The van der Waals surface area contributed by atoms with Gasteiger partial charge in [0, 0.05) is 0 Å². The van der Waals surface area contributed by atoms with E-state index >= 15 is 0 Å². The van der Waals surface area contributed by atoms with E-state index in [4.69, 9.17) is 20.6 Å². The molecule has 9 heavy (non-hydrogen) atoms. The van der Waals surface area contributed by atoms with Gasteiger partial charge < -0.3 is 20.6 Å². The summed E-state index contributed by atoms with van der Waals surface area (Å²) in [6.45, 7) is 0. The molecule has 0 bridgehead atoms. The zero-order chi connectivity index (χ0) is 7.15. The molecule has 0 radical (unpaired) electrons. The van der Waals surface area contributed by atoms with E-state index in [0.717, 1.165) is 0 Å². The Morgan fingerprint density at radius 3 is 0.556 bits per heavy atom. The fraction of sp³-hybridized carbons (Fsp3) is 0. The third kappa shape index (κ3) is 104. The second-order valence-electron chi connectivity index (χ2n) is 0.378. The monoisotopic (exact) mass is 389 g/mol. The molecule has 6 nitrogen and oxygen atoms in total. The number of halogens is 2. The number of hydrogen-bond acceptors (Lipinski definition) is 6. The van der Waals surface area contributed by atoms with E-state index in [1.807, 2.05) is 0 Å². The zero-order valence-corrected chi connectivity index (χ0v) is 11.6. The van der Waals surface area contributed by atoms with Gasteiger partial charge in [-0.2, -0.15) is 0 Å². The van der Waals surface area contributed by atoms with Crippen molar-refractivity contribution >= 4 is 0 Å². The van der Waals surface area contributed by atoms with E-state index in [9.17, 15) is 0 Å². The number of hydrogen-bond donors (Lipinski definition) is 0. The first-order chi connectivity index (χ1) is 3.46. The van der Waals surface area contributed by atoms with Gasteiger partial charge in [0.2, 0.25) is 0 Å². The Bertz CT molecular complexity index is 26.5. The molecule has 0 amide bonds. The van der Waals surface area contributed by atoms with Gasteiger partial charge in [-0.15, -0.1) is 0 Å². The quantitative estimate of drug-likeness (QED) is 0.298. The van der Waals surface area contributed by atoms with Gasteiger partial charge in [0.1, 0.15) is 0 Å². The van der Waals surface area contributed by atoms with Crippen molar-refractivity contribution in [1.29, 1.82) is 0 Å². The Morgan fingerprint density at radius 2 is 0.556 bits per heavy atom. The smallest absolute Gasteiger partial charge is 0.427 e. The molecule has 0 rings (SSSR count). The third-order valence-corrected chi connectivity index (χ3v) is 0. The van der Waals surface area contributed by atoms with Crippen LogP contribution in [0.1, 0.15) is 0 Å². The average Bonchev–Trinajstić information content (AvgIpc) is 1.25. The van der Waals surface area contributed by atoms with Gasteiger partial charge in [-0.25, -0.2) is 0 Å². The maximum Gasteiger partial charge on any atom is 1.00 e. The van der Waals surface area contributed by atoms with Crippen molar-refractivity contribution in [3.05, 3.63) is 0 Å². The summed E-state index contributed by atoms with van der Waals surface area (Å²) in [6, 6.07) is 0. The zero-order valence-electron chi connectivity index (χ0n) is 4.21. The largest absolute Gasteiger partial charge is 1.00 e. The van der Waals surface area contributed by atoms with Gasteiger partial charge in [0.05, 0.1) is 0 Å². The Labute approximate surface area is 111 Å². The minimum atomic E-state index is -4.01. The summed E-state index contributed by atoms with van der Waals surface area (Å²) < 4.78 is 51.4. The molecule has 0 aromatic heterocycles. The third-order valence-electron chi connectivity index (χ3n) is 0. The summed E-state index contributed by atoms with van der Waals surface area (Å²) in [5.41, 5.74) is 0. The Balaban J connectivity index is -0.0000000720. The summed E-state index contributed by atoms with van der Waals surface area (Å²) in [4.78, 5) is 0. The summed E-state index contributed by atoms with van der Waals surface area (Å²) in [6.07, 6.45) is 0. The molecule has 0 spiro atoms. The Hall–Kier alpha value is 2.86. The molecule has 0 atom stereocenters. The molecule has 0 saturated carbocycles. The van der Waals surface area contributed by atoms with Crippen molar-refractivity contribution in [2.45, 2.75) is 0 Å². The van der Waals surface area contributed by atoms with Gasteiger partial charge >= 0.3 is 51.4 Å². The first-order valence-corrected chi connectivity index (χ1v) is 6.21. The minimum absolute atomic E-state index is 0. The standard InChI is InChI=1S/2IO3.K/c2*2-1(3)4;/q2*-1;+1. The van der Waals surface area contributed by atoms with E-state index in [0.29, 0.717) is 0 Å². The van der Waals surface area contributed by atoms with Gasteiger partial charge in [-0.3, -0.25) is 0 Å². The van der Waals surface area contributed by atoms with Gasteiger partial charge in [-0.05, 0) is 0 Å². The molecule has 0 fully saturated rings. The normalized spacial score (nSPS) is 8.00. The molecular weight excluding hydrogens is 389 g/mol. The molecule has 52 valence electrons. The topological polar surface area (TPSA) is 138 Å². The van der Waals surface area contributed by atoms with Crippen LogP contribution < -0.4 is 114 Å². The second-order valence-corrected chi connectivity index (χ2v) is 2.54. The summed E-state index contributed by atoms with van der Waals surface area (Å²) in [5.74, 6) is 0. The van der Waals surface area contributed by atoms with Gasteiger partial charge in [0.15, 0.2) is 0 Å². The fourth-order valence-corrected chi connectivity index (χ4v) is 0. The van der Waals surface area contributed by atoms with Crippen LogP contribution in [-0.2, 0) is 0 Å². The van der Waals surface area contributed by atoms with Crippen molar-refractivity contribution in [2.75, 3.05) is 0 Å². The van der Waals surface area contributed by atoms with Crippen molar-refractivity contribution in [3.8, 4) is 0 Å². The van der Waals surface area contributed by atoms with Crippen LogP contribution in [0.25, 0.3) is 0 Å². The minimum Gasteiger partial charge on any atom is -0.427 e. The first-order valence-electron chi connectivity index (χ1n) is 0.926. The Kier molecular flexibility index (Phi) is 26.6. The van der Waals surface area contributed by atoms with Crippen LogP contribution in [0.4, 0.5) is 0 Å². The molecule has 0 aliphatic rings. The molecule has 0 N–H and O–H groups in total. The van der Waals surface area contributed by atoms with E-state index < -0.39 is 42.1 Å².